The number of hydrogen-bond donors (Lipinski definition) is 3. The number of carboxylic acid groups (broad SMARTS) is 1. The lowest BCUT2D eigenvalue weighted by molar-refractivity contribution is -0.135. The van der Waals surface area contributed by atoms with Gasteiger partial charge >= 0.3 is 5.97 Å². The van der Waals surface area contributed by atoms with Crippen molar-refractivity contribution in [2.75, 3.05) is 25.4 Å². The number of sulfonamides is 1. The van der Waals surface area contributed by atoms with Crippen molar-refractivity contribution in [2.45, 2.75) is 45.1 Å². The van der Waals surface area contributed by atoms with Gasteiger partial charge in [0, 0.05) is 11.6 Å². The first-order valence-electron chi connectivity index (χ1n) is 9.62. The van der Waals surface area contributed by atoms with Crippen molar-refractivity contribution in [1.29, 1.82) is 0 Å². The van der Waals surface area contributed by atoms with E-state index in [0.29, 0.717) is 38.3 Å². The SMILES string of the molecule is C[C@H](NS(=O)(=O)CCCCCNCC(=O)O)c1cccc(OCC2CC2)c1F. The van der Waals surface area contributed by atoms with Gasteiger partial charge in [-0.25, -0.2) is 17.5 Å². The third-order valence-electron chi connectivity index (χ3n) is 4.53. The highest BCUT2D eigenvalue weighted by molar-refractivity contribution is 7.89. The number of ether oxygens (including phenoxy) is 1. The van der Waals surface area contributed by atoms with Crippen LogP contribution in [0.3, 0.4) is 0 Å². The Kier molecular flexibility index (Phi) is 8.65. The van der Waals surface area contributed by atoms with Crippen molar-refractivity contribution < 1.29 is 27.4 Å². The maximum Gasteiger partial charge on any atom is 0.317 e. The first kappa shape index (κ1) is 22.6. The molecule has 9 heteroatoms. The molecule has 1 atom stereocenters. The van der Waals surface area contributed by atoms with Gasteiger partial charge in [0.1, 0.15) is 0 Å². The number of unbranched alkanes of at least 4 members (excludes halogenated alkanes) is 2. The standard InChI is InChI=1S/C19H29FN2O5S/c1-14(16-6-5-7-17(19(16)20)27-13-15-8-9-15)22-28(25,26)11-4-2-3-10-21-12-18(23)24/h5-7,14-15,21-22H,2-4,8-13H2,1H3,(H,23,24)/t14-/m0/s1. The number of benzene rings is 1. The maximum atomic E-state index is 14.6. The van der Waals surface area contributed by atoms with Crippen LogP contribution in [0.4, 0.5) is 4.39 Å². The van der Waals surface area contributed by atoms with Crippen molar-refractivity contribution in [2.24, 2.45) is 5.92 Å². The smallest absolute Gasteiger partial charge is 0.317 e. The predicted molar refractivity (Wildman–Crippen MR) is 104 cm³/mol. The van der Waals surface area contributed by atoms with Crippen LogP contribution >= 0.6 is 0 Å². The summed E-state index contributed by atoms with van der Waals surface area (Å²) in [4.78, 5) is 10.4. The minimum absolute atomic E-state index is 0.0598. The van der Waals surface area contributed by atoms with E-state index >= 15 is 0 Å². The molecule has 0 unspecified atom stereocenters. The molecular weight excluding hydrogens is 387 g/mol. The van der Waals surface area contributed by atoms with E-state index in [1.165, 1.54) is 0 Å². The largest absolute Gasteiger partial charge is 0.490 e. The molecule has 1 aromatic rings. The summed E-state index contributed by atoms with van der Waals surface area (Å²) in [7, 11) is -3.55. The van der Waals surface area contributed by atoms with Crippen LogP contribution in [0, 0.1) is 11.7 Å². The Labute approximate surface area is 165 Å². The van der Waals surface area contributed by atoms with Crippen molar-refractivity contribution in [3.8, 4) is 5.75 Å². The number of rotatable bonds is 14. The lowest BCUT2D eigenvalue weighted by Gasteiger charge is -2.17. The minimum atomic E-state index is -3.55. The van der Waals surface area contributed by atoms with E-state index in [-0.39, 0.29) is 23.6 Å². The molecular formula is C19H29FN2O5S. The number of halogens is 1. The van der Waals surface area contributed by atoms with Gasteiger partial charge in [-0.2, -0.15) is 0 Å². The van der Waals surface area contributed by atoms with Gasteiger partial charge in [-0.05, 0) is 51.1 Å². The van der Waals surface area contributed by atoms with Crippen LogP contribution in [0.2, 0.25) is 0 Å². The molecule has 1 fully saturated rings. The zero-order chi connectivity index (χ0) is 20.6. The number of carbonyl (C=O) groups is 1. The highest BCUT2D eigenvalue weighted by Crippen LogP contribution is 2.31. The quantitative estimate of drug-likeness (QED) is 0.403. The fraction of sp³-hybridized carbons (Fsp3) is 0.632. The molecule has 0 spiro atoms. The third-order valence-corrected chi connectivity index (χ3v) is 6.07. The fourth-order valence-corrected chi connectivity index (χ4v) is 4.14. The second kappa shape index (κ2) is 10.7. The second-order valence-corrected chi connectivity index (χ2v) is 9.08. The van der Waals surface area contributed by atoms with Gasteiger partial charge in [0.05, 0.1) is 18.9 Å². The van der Waals surface area contributed by atoms with E-state index in [0.717, 1.165) is 12.8 Å². The molecule has 7 nitrogen and oxygen atoms in total. The third kappa shape index (κ3) is 8.12. The van der Waals surface area contributed by atoms with Crippen LogP contribution in [0.5, 0.6) is 5.75 Å². The topological polar surface area (TPSA) is 105 Å². The van der Waals surface area contributed by atoms with E-state index in [1.54, 1.807) is 25.1 Å². The first-order valence-corrected chi connectivity index (χ1v) is 11.3. The summed E-state index contributed by atoms with van der Waals surface area (Å²) in [6.07, 6.45) is 4.00. The molecule has 1 aromatic carbocycles. The summed E-state index contributed by atoms with van der Waals surface area (Å²) in [6, 6.07) is 4.07. The first-order chi connectivity index (χ1) is 13.3. The van der Waals surface area contributed by atoms with Gasteiger partial charge in [-0.15, -0.1) is 0 Å². The van der Waals surface area contributed by atoms with Crippen LogP contribution in [-0.2, 0) is 14.8 Å². The van der Waals surface area contributed by atoms with Crippen LogP contribution in [0.1, 0.15) is 50.6 Å². The molecule has 158 valence electrons. The predicted octanol–water partition coefficient (Wildman–Crippen LogP) is 2.44. The maximum absolute atomic E-state index is 14.6. The molecule has 0 radical (unpaired) electrons. The molecule has 28 heavy (non-hydrogen) atoms. The normalized spacial score (nSPS) is 15.4. The Hall–Kier alpha value is -1.71. The Morgan fingerprint density at radius 1 is 1.32 bits per heavy atom. The van der Waals surface area contributed by atoms with E-state index in [4.69, 9.17) is 9.84 Å². The highest BCUT2D eigenvalue weighted by atomic mass is 32.2. The van der Waals surface area contributed by atoms with Crippen molar-refractivity contribution >= 4 is 16.0 Å². The molecule has 0 heterocycles. The van der Waals surface area contributed by atoms with Crippen LogP contribution < -0.4 is 14.8 Å². The number of nitrogens with one attached hydrogen (secondary N) is 2. The molecule has 2 rings (SSSR count). The minimum Gasteiger partial charge on any atom is -0.490 e. The van der Waals surface area contributed by atoms with Gasteiger partial charge in [0.2, 0.25) is 10.0 Å². The molecule has 1 saturated carbocycles. The van der Waals surface area contributed by atoms with E-state index in [1.807, 2.05) is 0 Å². The summed E-state index contributed by atoms with van der Waals surface area (Å²) in [6.45, 7) is 2.51. The number of aliphatic carboxylic acids is 1. The van der Waals surface area contributed by atoms with Crippen LogP contribution in [0.25, 0.3) is 0 Å². The van der Waals surface area contributed by atoms with Gasteiger partial charge in [-0.3, -0.25) is 4.79 Å². The molecule has 3 N–H and O–H groups in total. The van der Waals surface area contributed by atoms with E-state index < -0.39 is 27.9 Å². The Balaban J connectivity index is 1.77. The Morgan fingerprint density at radius 2 is 2.07 bits per heavy atom. The van der Waals surface area contributed by atoms with Gasteiger partial charge in [-0.1, -0.05) is 18.6 Å². The second-order valence-electron chi connectivity index (χ2n) is 7.20. The van der Waals surface area contributed by atoms with Gasteiger partial charge in [0.25, 0.3) is 0 Å². The molecule has 1 aliphatic rings. The molecule has 0 aromatic heterocycles. The Morgan fingerprint density at radius 3 is 2.75 bits per heavy atom. The average Bonchev–Trinajstić information content (AvgIpc) is 3.43. The number of hydrogen-bond acceptors (Lipinski definition) is 5. The zero-order valence-electron chi connectivity index (χ0n) is 16.1. The average molecular weight is 417 g/mol. The van der Waals surface area contributed by atoms with Gasteiger partial charge < -0.3 is 15.2 Å². The lowest BCUT2D eigenvalue weighted by atomic mass is 10.1. The molecule has 1 aliphatic carbocycles. The zero-order valence-corrected chi connectivity index (χ0v) is 16.9. The number of carboxylic acids is 1. The molecule has 0 aliphatic heterocycles. The van der Waals surface area contributed by atoms with Gasteiger partial charge in [0.15, 0.2) is 11.6 Å². The Bertz CT molecular complexity index is 753. The van der Waals surface area contributed by atoms with Crippen molar-refractivity contribution in [3.05, 3.63) is 29.6 Å². The monoisotopic (exact) mass is 416 g/mol. The van der Waals surface area contributed by atoms with Crippen LogP contribution in [-0.4, -0.2) is 44.9 Å². The summed E-state index contributed by atoms with van der Waals surface area (Å²) < 4.78 is 47.2. The summed E-state index contributed by atoms with van der Waals surface area (Å²) in [5.41, 5.74) is 0.259. The molecule has 0 saturated heterocycles. The van der Waals surface area contributed by atoms with E-state index in [2.05, 4.69) is 10.0 Å². The molecule has 0 amide bonds. The molecule has 0 bridgehead atoms. The van der Waals surface area contributed by atoms with Crippen LogP contribution in [0.15, 0.2) is 18.2 Å². The fourth-order valence-electron chi connectivity index (χ4n) is 2.77. The highest BCUT2D eigenvalue weighted by Gasteiger charge is 2.24. The summed E-state index contributed by atoms with van der Waals surface area (Å²) in [5, 5.41) is 11.3. The van der Waals surface area contributed by atoms with E-state index in [9.17, 15) is 17.6 Å². The summed E-state index contributed by atoms with van der Waals surface area (Å²) >= 11 is 0. The van der Waals surface area contributed by atoms with Crippen molar-refractivity contribution in [1.82, 2.24) is 10.0 Å². The summed E-state index contributed by atoms with van der Waals surface area (Å²) in [5.74, 6) is -0.851. The van der Waals surface area contributed by atoms with Crippen molar-refractivity contribution in [3.63, 3.8) is 0 Å². The lowest BCUT2D eigenvalue weighted by Crippen LogP contribution is -2.30.